The van der Waals surface area contributed by atoms with Gasteiger partial charge in [0.05, 0.1) is 12.1 Å². The van der Waals surface area contributed by atoms with Crippen LogP contribution in [-0.4, -0.2) is 21.1 Å². The summed E-state index contributed by atoms with van der Waals surface area (Å²) in [5.41, 5.74) is 1.36. The van der Waals surface area contributed by atoms with Gasteiger partial charge in [0.25, 0.3) is 0 Å². The van der Waals surface area contributed by atoms with Gasteiger partial charge in [0.1, 0.15) is 15.8 Å². The molecule has 1 amide bonds. The summed E-state index contributed by atoms with van der Waals surface area (Å²) in [6.45, 7) is 2.12. The van der Waals surface area contributed by atoms with Crippen LogP contribution in [0.1, 0.15) is 30.5 Å². The Morgan fingerprint density at radius 2 is 2.20 bits per heavy atom. The monoisotopic (exact) mass is 376 g/mol. The van der Waals surface area contributed by atoms with Crippen molar-refractivity contribution in [2.45, 2.75) is 32.6 Å². The van der Waals surface area contributed by atoms with Gasteiger partial charge in [0, 0.05) is 17.4 Å². The lowest BCUT2D eigenvalue weighted by molar-refractivity contribution is -0.115. The molecule has 8 heteroatoms. The van der Waals surface area contributed by atoms with Crippen LogP contribution in [0.5, 0.6) is 0 Å². The fourth-order valence-electron chi connectivity index (χ4n) is 2.20. The Balaban J connectivity index is 1.59. The van der Waals surface area contributed by atoms with Crippen LogP contribution in [0.4, 0.5) is 9.52 Å². The molecule has 0 radical (unpaired) electrons. The number of nitrogens with zero attached hydrogens (tertiary/aromatic N) is 3. The highest BCUT2D eigenvalue weighted by molar-refractivity contribution is 7.15. The summed E-state index contributed by atoms with van der Waals surface area (Å²) in [5.74, 6) is -0.489. The Labute approximate surface area is 153 Å². The molecule has 0 saturated carbocycles. The van der Waals surface area contributed by atoms with Crippen LogP contribution in [-0.2, 0) is 17.6 Å². The van der Waals surface area contributed by atoms with E-state index in [1.54, 1.807) is 12.1 Å². The molecule has 130 valence electrons. The zero-order chi connectivity index (χ0) is 17.6. The number of hydrogen-bond donors (Lipinski definition) is 1. The molecule has 0 spiro atoms. The van der Waals surface area contributed by atoms with Crippen LogP contribution in [0.2, 0.25) is 0 Å². The number of unbranched alkanes of at least 4 members (excludes halogenated alkanes) is 1. The number of aromatic nitrogens is 3. The number of carbonyl (C=O) groups is 1. The predicted octanol–water partition coefficient (Wildman–Crippen LogP) is 4.32. The van der Waals surface area contributed by atoms with Crippen LogP contribution in [0.3, 0.4) is 0 Å². The number of anilines is 1. The number of carbonyl (C=O) groups excluding carboxylic acids is 1. The summed E-state index contributed by atoms with van der Waals surface area (Å²) in [7, 11) is 0. The number of benzene rings is 1. The Morgan fingerprint density at radius 1 is 1.32 bits per heavy atom. The first-order chi connectivity index (χ1) is 12.1. The van der Waals surface area contributed by atoms with Crippen LogP contribution < -0.4 is 5.32 Å². The molecule has 0 aliphatic heterocycles. The second-order valence-corrected chi connectivity index (χ2v) is 7.40. The number of nitrogens with one attached hydrogen (secondary N) is 1. The number of halogens is 1. The van der Waals surface area contributed by atoms with Crippen molar-refractivity contribution in [2.24, 2.45) is 0 Å². The van der Waals surface area contributed by atoms with Gasteiger partial charge in [-0.25, -0.2) is 9.37 Å². The van der Waals surface area contributed by atoms with Crippen molar-refractivity contribution >= 4 is 33.7 Å². The van der Waals surface area contributed by atoms with E-state index in [4.69, 9.17) is 0 Å². The maximum atomic E-state index is 13.3. The average Bonchev–Trinajstić information content (AvgIpc) is 3.22. The first-order valence-corrected chi connectivity index (χ1v) is 9.66. The van der Waals surface area contributed by atoms with Gasteiger partial charge in [0.2, 0.25) is 11.0 Å². The van der Waals surface area contributed by atoms with Crippen molar-refractivity contribution in [3.63, 3.8) is 0 Å². The van der Waals surface area contributed by atoms with E-state index in [9.17, 15) is 9.18 Å². The largest absolute Gasteiger partial charge is 0.300 e. The van der Waals surface area contributed by atoms with Crippen molar-refractivity contribution in [3.05, 3.63) is 46.2 Å². The molecule has 3 rings (SSSR count). The Hall–Kier alpha value is -2.19. The summed E-state index contributed by atoms with van der Waals surface area (Å²) in [5, 5.41) is 14.8. The summed E-state index contributed by atoms with van der Waals surface area (Å²) in [6, 6.07) is 6.26. The lowest BCUT2D eigenvalue weighted by atomic mass is 10.2. The molecule has 2 heterocycles. The third kappa shape index (κ3) is 4.90. The highest BCUT2D eigenvalue weighted by atomic mass is 32.1. The minimum Gasteiger partial charge on any atom is -0.300 e. The highest BCUT2D eigenvalue weighted by Gasteiger charge is 2.12. The Bertz CT molecular complexity index is 862. The van der Waals surface area contributed by atoms with Gasteiger partial charge in [-0.2, -0.15) is 0 Å². The van der Waals surface area contributed by atoms with Gasteiger partial charge in [-0.05, 0) is 18.6 Å². The van der Waals surface area contributed by atoms with E-state index in [0.29, 0.717) is 21.4 Å². The molecule has 0 bridgehead atoms. The third-order valence-corrected chi connectivity index (χ3v) is 5.26. The fraction of sp³-hybridized carbons (Fsp3) is 0.294. The second kappa shape index (κ2) is 8.26. The first kappa shape index (κ1) is 17.6. The molecule has 3 aromatic rings. The van der Waals surface area contributed by atoms with Crippen LogP contribution >= 0.6 is 22.7 Å². The number of hydrogen-bond acceptors (Lipinski definition) is 6. The first-order valence-electron chi connectivity index (χ1n) is 7.96. The smallest absolute Gasteiger partial charge is 0.232 e. The topological polar surface area (TPSA) is 67.8 Å². The molecular formula is C17H17FN4OS2. The molecule has 1 N–H and O–H groups in total. The Kier molecular flexibility index (Phi) is 5.83. The number of aryl methyl sites for hydroxylation is 1. The summed E-state index contributed by atoms with van der Waals surface area (Å²) in [6.07, 6.45) is 3.19. The van der Waals surface area contributed by atoms with Gasteiger partial charge in [-0.3, -0.25) is 4.79 Å². The number of rotatable bonds is 7. The van der Waals surface area contributed by atoms with Crippen LogP contribution in [0.15, 0.2) is 29.6 Å². The molecule has 0 unspecified atom stereocenters. The molecule has 0 aliphatic rings. The third-order valence-electron chi connectivity index (χ3n) is 3.42. The predicted molar refractivity (Wildman–Crippen MR) is 98.4 cm³/mol. The van der Waals surface area contributed by atoms with Crippen molar-refractivity contribution in [1.29, 1.82) is 0 Å². The molecule has 0 atom stereocenters. The Morgan fingerprint density at radius 3 is 3.00 bits per heavy atom. The minimum absolute atomic E-state index is 0.149. The quantitative estimate of drug-likeness (QED) is 0.667. The van der Waals surface area contributed by atoms with Crippen LogP contribution in [0, 0.1) is 5.82 Å². The SMILES string of the molecule is CCCCc1nnc(NC(=O)Cc2csc(-c3cccc(F)c3)n2)s1. The van der Waals surface area contributed by atoms with E-state index < -0.39 is 0 Å². The number of thiazole rings is 1. The van der Waals surface area contributed by atoms with Crippen molar-refractivity contribution in [3.8, 4) is 10.6 Å². The second-order valence-electron chi connectivity index (χ2n) is 5.48. The average molecular weight is 376 g/mol. The zero-order valence-electron chi connectivity index (χ0n) is 13.7. The van der Waals surface area contributed by atoms with Gasteiger partial charge < -0.3 is 5.32 Å². The lowest BCUT2D eigenvalue weighted by Gasteiger charge is -1.98. The number of amides is 1. The maximum absolute atomic E-state index is 13.3. The summed E-state index contributed by atoms with van der Waals surface area (Å²) >= 11 is 2.79. The minimum atomic E-state index is -0.304. The van der Waals surface area contributed by atoms with Crippen LogP contribution in [0.25, 0.3) is 10.6 Å². The van der Waals surface area contributed by atoms with Crippen molar-refractivity contribution < 1.29 is 9.18 Å². The normalized spacial score (nSPS) is 10.8. The van der Waals surface area contributed by atoms with E-state index in [-0.39, 0.29) is 18.1 Å². The zero-order valence-corrected chi connectivity index (χ0v) is 15.3. The maximum Gasteiger partial charge on any atom is 0.232 e. The van der Waals surface area contributed by atoms with Gasteiger partial charge in [0.15, 0.2) is 0 Å². The summed E-state index contributed by atoms with van der Waals surface area (Å²) < 4.78 is 13.3. The molecule has 0 saturated heterocycles. The highest BCUT2D eigenvalue weighted by Crippen LogP contribution is 2.24. The summed E-state index contributed by atoms with van der Waals surface area (Å²) in [4.78, 5) is 16.5. The molecule has 25 heavy (non-hydrogen) atoms. The van der Waals surface area contributed by atoms with Gasteiger partial charge in [-0.1, -0.05) is 36.8 Å². The van der Waals surface area contributed by atoms with E-state index in [0.717, 1.165) is 24.3 Å². The molecular weight excluding hydrogens is 359 g/mol. The molecule has 0 aliphatic carbocycles. The fourth-order valence-corrected chi connectivity index (χ4v) is 3.82. The van der Waals surface area contributed by atoms with Crippen molar-refractivity contribution in [2.75, 3.05) is 5.32 Å². The van der Waals surface area contributed by atoms with Crippen molar-refractivity contribution in [1.82, 2.24) is 15.2 Å². The van der Waals surface area contributed by atoms with Gasteiger partial charge in [-0.15, -0.1) is 21.5 Å². The molecule has 2 aromatic heterocycles. The molecule has 0 fully saturated rings. The standard InChI is InChI=1S/C17H17FN4OS2/c1-2-3-7-15-21-22-17(25-15)20-14(23)9-13-10-24-16(19-13)11-5-4-6-12(18)8-11/h4-6,8,10H,2-3,7,9H2,1H3,(H,20,22,23). The van der Waals surface area contributed by atoms with E-state index in [1.165, 1.54) is 34.8 Å². The van der Waals surface area contributed by atoms with E-state index >= 15 is 0 Å². The van der Waals surface area contributed by atoms with E-state index in [1.807, 2.05) is 5.38 Å². The lowest BCUT2D eigenvalue weighted by Crippen LogP contribution is -2.14. The van der Waals surface area contributed by atoms with E-state index in [2.05, 4.69) is 27.4 Å². The molecule has 5 nitrogen and oxygen atoms in total. The molecule has 1 aromatic carbocycles. The van der Waals surface area contributed by atoms with Gasteiger partial charge >= 0.3 is 0 Å².